The van der Waals surface area contributed by atoms with Gasteiger partial charge in [0.2, 0.25) is 5.91 Å². The number of thioether (sulfide) groups is 1. The Morgan fingerprint density at radius 3 is 2.60 bits per heavy atom. The molecule has 2 rings (SSSR count). The topological polar surface area (TPSA) is 103 Å². The number of ether oxygens (including phenoxy) is 2. The van der Waals surface area contributed by atoms with E-state index in [9.17, 15) is 14.9 Å². The molecule has 2 aromatic carbocycles. The maximum atomic E-state index is 11.9. The summed E-state index contributed by atoms with van der Waals surface area (Å²) in [5.74, 6) is 1.89. The molecule has 8 nitrogen and oxygen atoms in total. The minimum absolute atomic E-state index is 0.0493. The van der Waals surface area contributed by atoms with E-state index in [2.05, 4.69) is 10.5 Å². The smallest absolute Gasteiger partial charge is 0.269 e. The SMILES string of the molecule is CCCOc1ccc(/C=N\NC(=O)CSCc2ccc([N+](=O)[O-])cc2)cc1OCC. The van der Waals surface area contributed by atoms with Crippen molar-refractivity contribution in [3.8, 4) is 11.5 Å². The molecule has 0 atom stereocenters. The molecule has 0 heterocycles. The summed E-state index contributed by atoms with van der Waals surface area (Å²) in [6.07, 6.45) is 2.45. The Morgan fingerprint density at radius 2 is 1.93 bits per heavy atom. The number of benzene rings is 2. The van der Waals surface area contributed by atoms with E-state index in [0.29, 0.717) is 30.5 Å². The Labute approximate surface area is 179 Å². The number of amides is 1. The highest BCUT2D eigenvalue weighted by Crippen LogP contribution is 2.28. The summed E-state index contributed by atoms with van der Waals surface area (Å²) in [5, 5.41) is 14.6. The van der Waals surface area contributed by atoms with Gasteiger partial charge in [0.15, 0.2) is 11.5 Å². The van der Waals surface area contributed by atoms with E-state index in [1.54, 1.807) is 18.3 Å². The Hall–Kier alpha value is -3.07. The molecule has 1 N–H and O–H groups in total. The van der Waals surface area contributed by atoms with Crippen LogP contribution < -0.4 is 14.9 Å². The number of nitrogens with one attached hydrogen (secondary N) is 1. The maximum absolute atomic E-state index is 11.9. The Morgan fingerprint density at radius 1 is 1.17 bits per heavy atom. The predicted octanol–water partition coefficient (Wildman–Crippen LogP) is 4.17. The number of nitro benzene ring substituents is 1. The van der Waals surface area contributed by atoms with Crippen molar-refractivity contribution in [2.75, 3.05) is 19.0 Å². The summed E-state index contributed by atoms with van der Waals surface area (Å²) in [6, 6.07) is 11.8. The standard InChI is InChI=1S/C21H25N3O5S/c1-3-11-29-19-10-7-17(12-20(19)28-4-2)13-22-23-21(25)15-30-14-16-5-8-18(9-6-16)24(26)27/h5-10,12-13H,3-4,11,14-15H2,1-2H3,(H,23,25)/b22-13-. The molecule has 0 spiro atoms. The summed E-state index contributed by atoms with van der Waals surface area (Å²) < 4.78 is 11.3. The van der Waals surface area contributed by atoms with E-state index >= 15 is 0 Å². The van der Waals surface area contributed by atoms with E-state index in [0.717, 1.165) is 17.5 Å². The predicted molar refractivity (Wildman–Crippen MR) is 118 cm³/mol. The number of non-ortho nitro benzene ring substituents is 1. The molecule has 0 aliphatic carbocycles. The van der Waals surface area contributed by atoms with Crippen LogP contribution in [0.3, 0.4) is 0 Å². The van der Waals surface area contributed by atoms with Gasteiger partial charge in [0.25, 0.3) is 5.69 Å². The van der Waals surface area contributed by atoms with Crippen LogP contribution in [0.2, 0.25) is 0 Å². The monoisotopic (exact) mass is 431 g/mol. The molecular formula is C21H25N3O5S. The van der Waals surface area contributed by atoms with Crippen molar-refractivity contribution in [2.45, 2.75) is 26.0 Å². The number of nitrogens with zero attached hydrogens (tertiary/aromatic N) is 2. The molecule has 0 fully saturated rings. The fourth-order valence-corrected chi connectivity index (χ4v) is 3.17. The second-order valence-electron chi connectivity index (χ2n) is 6.20. The van der Waals surface area contributed by atoms with Crippen molar-refractivity contribution in [2.24, 2.45) is 5.10 Å². The van der Waals surface area contributed by atoms with E-state index in [1.807, 2.05) is 32.0 Å². The Kier molecular flexibility index (Phi) is 9.66. The highest BCUT2D eigenvalue weighted by molar-refractivity contribution is 7.99. The lowest BCUT2D eigenvalue weighted by molar-refractivity contribution is -0.384. The average Bonchev–Trinajstić information content (AvgIpc) is 2.74. The first-order chi connectivity index (χ1) is 14.5. The number of rotatable bonds is 12. The second kappa shape index (κ2) is 12.5. The first kappa shape index (κ1) is 23.2. The number of hydrogen-bond donors (Lipinski definition) is 1. The molecule has 9 heteroatoms. The molecular weight excluding hydrogens is 406 g/mol. The van der Waals surface area contributed by atoms with E-state index < -0.39 is 4.92 Å². The van der Waals surface area contributed by atoms with Gasteiger partial charge in [-0.2, -0.15) is 5.10 Å². The molecule has 1 amide bonds. The van der Waals surface area contributed by atoms with Crippen molar-refractivity contribution in [1.82, 2.24) is 5.43 Å². The Balaban J connectivity index is 1.80. The fourth-order valence-electron chi connectivity index (χ4n) is 2.39. The van der Waals surface area contributed by atoms with Crippen LogP contribution in [0.5, 0.6) is 11.5 Å². The lowest BCUT2D eigenvalue weighted by atomic mass is 10.2. The van der Waals surface area contributed by atoms with Crippen LogP contribution in [0.15, 0.2) is 47.6 Å². The average molecular weight is 432 g/mol. The molecule has 0 saturated heterocycles. The summed E-state index contributed by atoms with van der Waals surface area (Å²) in [5.41, 5.74) is 4.23. The van der Waals surface area contributed by atoms with E-state index in [1.165, 1.54) is 23.9 Å². The lowest BCUT2D eigenvalue weighted by Gasteiger charge is -2.11. The number of nitro groups is 1. The van der Waals surface area contributed by atoms with Crippen molar-refractivity contribution in [3.05, 3.63) is 63.7 Å². The molecule has 30 heavy (non-hydrogen) atoms. The van der Waals surface area contributed by atoms with Crippen molar-refractivity contribution in [1.29, 1.82) is 0 Å². The first-order valence-corrected chi connectivity index (χ1v) is 10.7. The molecule has 0 radical (unpaired) electrons. The summed E-state index contributed by atoms with van der Waals surface area (Å²) >= 11 is 1.40. The molecule has 0 aliphatic rings. The molecule has 0 aromatic heterocycles. The third kappa shape index (κ3) is 7.75. The van der Waals surface area contributed by atoms with Crippen LogP contribution >= 0.6 is 11.8 Å². The van der Waals surface area contributed by atoms with Gasteiger partial charge >= 0.3 is 0 Å². The molecule has 160 valence electrons. The third-order valence-corrected chi connectivity index (χ3v) is 4.78. The van der Waals surface area contributed by atoms with Gasteiger partial charge in [-0.15, -0.1) is 11.8 Å². The first-order valence-electron chi connectivity index (χ1n) is 9.56. The number of carbonyl (C=O) groups excluding carboxylic acids is 1. The molecule has 0 unspecified atom stereocenters. The van der Waals surface area contributed by atoms with Gasteiger partial charge in [-0.1, -0.05) is 19.1 Å². The Bertz CT molecular complexity index is 871. The minimum atomic E-state index is -0.439. The normalized spacial score (nSPS) is 10.7. The van der Waals surface area contributed by atoms with Gasteiger partial charge in [0.1, 0.15) is 0 Å². The van der Waals surface area contributed by atoms with Gasteiger partial charge < -0.3 is 9.47 Å². The van der Waals surface area contributed by atoms with Gasteiger partial charge in [-0.25, -0.2) is 5.43 Å². The van der Waals surface area contributed by atoms with Gasteiger partial charge in [0.05, 0.1) is 30.1 Å². The van der Waals surface area contributed by atoms with Gasteiger partial charge in [-0.3, -0.25) is 14.9 Å². The molecule has 0 saturated carbocycles. The van der Waals surface area contributed by atoms with Crippen LogP contribution in [0, 0.1) is 10.1 Å². The second-order valence-corrected chi connectivity index (χ2v) is 7.18. The fraction of sp³-hybridized carbons (Fsp3) is 0.333. The molecule has 0 aliphatic heterocycles. The van der Waals surface area contributed by atoms with Gasteiger partial charge in [0, 0.05) is 17.9 Å². The molecule has 0 bridgehead atoms. The zero-order chi connectivity index (χ0) is 21.8. The zero-order valence-corrected chi connectivity index (χ0v) is 17.8. The van der Waals surface area contributed by atoms with Crippen LogP contribution in [0.1, 0.15) is 31.4 Å². The number of hydrogen-bond acceptors (Lipinski definition) is 7. The summed E-state index contributed by atoms with van der Waals surface area (Å²) in [4.78, 5) is 22.1. The zero-order valence-electron chi connectivity index (χ0n) is 17.0. The lowest BCUT2D eigenvalue weighted by Crippen LogP contribution is -2.19. The van der Waals surface area contributed by atoms with Gasteiger partial charge in [-0.05, 0) is 42.7 Å². The van der Waals surface area contributed by atoms with Crippen molar-refractivity contribution < 1.29 is 19.2 Å². The maximum Gasteiger partial charge on any atom is 0.269 e. The van der Waals surface area contributed by atoms with Crippen LogP contribution in [0.4, 0.5) is 5.69 Å². The van der Waals surface area contributed by atoms with Crippen LogP contribution in [-0.4, -0.2) is 36.0 Å². The highest BCUT2D eigenvalue weighted by atomic mass is 32.2. The summed E-state index contributed by atoms with van der Waals surface area (Å²) in [7, 11) is 0. The highest BCUT2D eigenvalue weighted by Gasteiger charge is 2.07. The van der Waals surface area contributed by atoms with Crippen LogP contribution in [0.25, 0.3) is 0 Å². The van der Waals surface area contributed by atoms with Crippen LogP contribution in [-0.2, 0) is 10.5 Å². The van der Waals surface area contributed by atoms with E-state index in [4.69, 9.17) is 9.47 Å². The van der Waals surface area contributed by atoms with E-state index in [-0.39, 0.29) is 17.3 Å². The summed E-state index contributed by atoms with van der Waals surface area (Å²) in [6.45, 7) is 5.07. The van der Waals surface area contributed by atoms with Crippen molar-refractivity contribution >= 4 is 29.6 Å². The largest absolute Gasteiger partial charge is 0.490 e. The number of carbonyl (C=O) groups is 1. The van der Waals surface area contributed by atoms with Crippen molar-refractivity contribution in [3.63, 3.8) is 0 Å². The quantitative estimate of drug-likeness (QED) is 0.307. The number of hydrazone groups is 1. The molecule has 2 aromatic rings. The third-order valence-electron chi connectivity index (χ3n) is 3.78. The minimum Gasteiger partial charge on any atom is -0.490 e.